The molecular formula is C17H19F2N4OS+. The zero-order valence-corrected chi connectivity index (χ0v) is 14.6. The van der Waals surface area contributed by atoms with Crippen molar-refractivity contribution in [2.24, 2.45) is 0 Å². The molecule has 0 bridgehead atoms. The molecule has 1 fully saturated rings. The van der Waals surface area contributed by atoms with Gasteiger partial charge in [0.15, 0.2) is 23.5 Å². The van der Waals surface area contributed by atoms with Crippen molar-refractivity contribution in [3.8, 4) is 5.88 Å². The highest BCUT2D eigenvalue weighted by Gasteiger charge is 2.35. The Morgan fingerprint density at radius 3 is 2.68 bits per heavy atom. The maximum Gasteiger partial charge on any atom is 0.235 e. The molecule has 0 radical (unpaired) electrons. The van der Waals surface area contributed by atoms with Gasteiger partial charge >= 0.3 is 0 Å². The third-order valence-electron chi connectivity index (χ3n) is 4.75. The molecular weight excluding hydrogens is 346 g/mol. The van der Waals surface area contributed by atoms with E-state index in [1.165, 1.54) is 26.8 Å². The minimum Gasteiger partial charge on any atom is -0.492 e. The number of likely N-dealkylation sites (tertiary alicyclic amines) is 1. The number of nitrogens with zero attached hydrogens (tertiary/aromatic N) is 3. The van der Waals surface area contributed by atoms with Crippen LogP contribution in [0.15, 0.2) is 18.2 Å². The molecule has 1 saturated heterocycles. The van der Waals surface area contributed by atoms with Gasteiger partial charge in [0, 0.05) is 24.8 Å². The fourth-order valence-corrected chi connectivity index (χ4v) is 4.67. The summed E-state index contributed by atoms with van der Waals surface area (Å²) in [6.07, 6.45) is 2.85. The zero-order valence-electron chi connectivity index (χ0n) is 13.8. The number of benzene rings is 1. The smallest absolute Gasteiger partial charge is 0.235 e. The lowest BCUT2D eigenvalue weighted by atomic mass is 10.0. The number of nitrogens with one attached hydrogen (secondary N) is 1. The van der Waals surface area contributed by atoms with Gasteiger partial charge in [-0.3, -0.25) is 0 Å². The molecule has 1 aliphatic heterocycles. The number of aryl methyl sites for hydroxylation is 1. The number of hydrogen-bond acceptors (Lipinski definition) is 4. The number of fused-ring (bicyclic) bond motifs is 1. The first-order chi connectivity index (χ1) is 12.1. The lowest BCUT2D eigenvalue weighted by Gasteiger charge is -2.24. The normalized spacial score (nSPS) is 16.8. The van der Waals surface area contributed by atoms with E-state index in [0.29, 0.717) is 27.6 Å². The molecule has 5 nitrogen and oxygen atoms in total. The van der Waals surface area contributed by atoms with Gasteiger partial charge in [0.25, 0.3) is 0 Å². The van der Waals surface area contributed by atoms with Crippen LogP contribution in [-0.4, -0.2) is 32.8 Å². The van der Waals surface area contributed by atoms with E-state index in [0.717, 1.165) is 32.0 Å². The van der Waals surface area contributed by atoms with Crippen molar-refractivity contribution >= 4 is 16.3 Å². The third kappa shape index (κ3) is 2.79. The molecule has 1 aliphatic rings. The van der Waals surface area contributed by atoms with Gasteiger partial charge in [-0.15, -0.1) is 5.10 Å². The lowest BCUT2D eigenvalue weighted by Crippen LogP contribution is -3.10. The monoisotopic (exact) mass is 365 g/mol. The summed E-state index contributed by atoms with van der Waals surface area (Å²) in [6.45, 7) is 3.81. The Balaban J connectivity index is 1.84. The number of rotatable bonds is 4. The van der Waals surface area contributed by atoms with Crippen LogP contribution in [0.3, 0.4) is 0 Å². The Morgan fingerprint density at radius 1 is 1.28 bits per heavy atom. The zero-order chi connectivity index (χ0) is 17.6. The van der Waals surface area contributed by atoms with Crippen LogP contribution in [0.25, 0.3) is 4.96 Å². The van der Waals surface area contributed by atoms with Gasteiger partial charge in [-0.2, -0.15) is 4.52 Å². The quantitative estimate of drug-likeness (QED) is 0.745. The second-order valence-electron chi connectivity index (χ2n) is 6.34. The van der Waals surface area contributed by atoms with E-state index in [4.69, 9.17) is 0 Å². The Bertz CT molecular complexity index is 917. The summed E-state index contributed by atoms with van der Waals surface area (Å²) in [6, 6.07) is 3.73. The molecule has 1 aromatic carbocycles. The molecule has 2 N–H and O–H groups in total. The maximum atomic E-state index is 13.8. The second-order valence-corrected chi connectivity index (χ2v) is 7.35. The average Bonchev–Trinajstić information content (AvgIpc) is 3.31. The summed E-state index contributed by atoms with van der Waals surface area (Å²) in [5.74, 6) is -1.01. The molecule has 0 aliphatic carbocycles. The molecule has 0 spiro atoms. The third-order valence-corrected chi connectivity index (χ3v) is 5.84. The van der Waals surface area contributed by atoms with Crippen LogP contribution >= 0.6 is 11.3 Å². The number of hydrogen-bond donors (Lipinski definition) is 2. The van der Waals surface area contributed by atoms with E-state index in [1.54, 1.807) is 6.07 Å². The van der Waals surface area contributed by atoms with Crippen LogP contribution in [0.2, 0.25) is 0 Å². The van der Waals surface area contributed by atoms with Crippen LogP contribution in [-0.2, 0) is 6.42 Å². The molecule has 0 amide bonds. The fourth-order valence-electron chi connectivity index (χ4n) is 3.51. The van der Waals surface area contributed by atoms with Crippen LogP contribution in [0.1, 0.15) is 42.1 Å². The van der Waals surface area contributed by atoms with Gasteiger partial charge in [-0.1, -0.05) is 18.3 Å². The first kappa shape index (κ1) is 16.4. The van der Waals surface area contributed by atoms with Crippen LogP contribution < -0.4 is 4.90 Å². The number of quaternary nitrogens is 1. The van der Waals surface area contributed by atoms with E-state index < -0.39 is 11.6 Å². The molecule has 3 aromatic rings. The van der Waals surface area contributed by atoms with Gasteiger partial charge in [0.2, 0.25) is 10.8 Å². The Morgan fingerprint density at radius 2 is 2.04 bits per heavy atom. The average molecular weight is 365 g/mol. The Kier molecular flexibility index (Phi) is 4.16. The van der Waals surface area contributed by atoms with Gasteiger partial charge < -0.3 is 10.0 Å². The molecule has 25 heavy (non-hydrogen) atoms. The second kappa shape index (κ2) is 6.34. The minimum atomic E-state index is -0.867. The van der Waals surface area contributed by atoms with E-state index in [2.05, 4.69) is 10.1 Å². The summed E-state index contributed by atoms with van der Waals surface area (Å²) in [5.41, 5.74) is 0.659. The predicted molar refractivity (Wildman–Crippen MR) is 90.0 cm³/mol. The van der Waals surface area contributed by atoms with Crippen molar-refractivity contribution in [1.29, 1.82) is 0 Å². The SMILES string of the molecule is CCc1nc2sc([C@H](c3ccc(F)c(F)c3)[NH+]3CCCC3)c(O)n2n1. The summed E-state index contributed by atoms with van der Waals surface area (Å²) in [5, 5.41) is 15.0. The molecule has 1 atom stereocenters. The van der Waals surface area contributed by atoms with Crippen molar-refractivity contribution < 1.29 is 18.8 Å². The number of aromatic nitrogens is 3. The number of halogens is 2. The van der Waals surface area contributed by atoms with Crippen molar-refractivity contribution in [2.75, 3.05) is 13.1 Å². The largest absolute Gasteiger partial charge is 0.492 e. The molecule has 0 saturated carbocycles. The van der Waals surface area contributed by atoms with E-state index >= 15 is 0 Å². The predicted octanol–water partition coefficient (Wildman–Crippen LogP) is 2.11. The molecule has 132 valence electrons. The standard InChI is InChI=1S/C17H18F2N4OS/c1-2-13-20-17-23(21-13)16(24)15(25-17)14(22-7-3-4-8-22)10-5-6-11(18)12(19)9-10/h5-6,9,14,24H,2-4,7-8H2,1H3/p+1/t14-/m0/s1. The minimum absolute atomic E-state index is 0.0429. The van der Waals surface area contributed by atoms with E-state index in [1.807, 2.05) is 6.92 Å². The summed E-state index contributed by atoms with van der Waals surface area (Å²) < 4.78 is 28.6. The first-order valence-electron chi connectivity index (χ1n) is 8.45. The highest BCUT2D eigenvalue weighted by molar-refractivity contribution is 7.17. The first-order valence-corrected chi connectivity index (χ1v) is 9.27. The molecule has 2 aromatic heterocycles. The molecule has 0 unspecified atom stereocenters. The topological polar surface area (TPSA) is 54.9 Å². The van der Waals surface area contributed by atoms with Crippen molar-refractivity contribution in [1.82, 2.24) is 14.6 Å². The summed E-state index contributed by atoms with van der Waals surface area (Å²) in [7, 11) is 0. The van der Waals surface area contributed by atoms with Crippen LogP contribution in [0, 0.1) is 11.6 Å². The van der Waals surface area contributed by atoms with Gasteiger partial charge in [-0.05, 0) is 18.2 Å². The molecule has 4 rings (SSSR count). The van der Waals surface area contributed by atoms with Crippen molar-refractivity contribution in [2.45, 2.75) is 32.2 Å². The fraction of sp³-hybridized carbons (Fsp3) is 0.412. The summed E-state index contributed by atoms with van der Waals surface area (Å²) in [4.78, 5) is 6.97. The number of thiazole rings is 1. The van der Waals surface area contributed by atoms with Gasteiger partial charge in [-0.25, -0.2) is 13.8 Å². The van der Waals surface area contributed by atoms with Crippen LogP contribution in [0.5, 0.6) is 5.88 Å². The maximum absolute atomic E-state index is 13.8. The van der Waals surface area contributed by atoms with E-state index in [9.17, 15) is 13.9 Å². The Labute approximate surface area is 147 Å². The number of aromatic hydroxyl groups is 1. The Hall–Kier alpha value is -2.06. The van der Waals surface area contributed by atoms with Gasteiger partial charge in [0.1, 0.15) is 4.88 Å². The van der Waals surface area contributed by atoms with Crippen molar-refractivity contribution in [3.63, 3.8) is 0 Å². The molecule has 8 heteroatoms. The van der Waals surface area contributed by atoms with Crippen LogP contribution in [0.4, 0.5) is 8.78 Å². The molecule has 3 heterocycles. The van der Waals surface area contributed by atoms with Gasteiger partial charge in [0.05, 0.1) is 13.1 Å². The summed E-state index contributed by atoms with van der Waals surface area (Å²) >= 11 is 1.36. The van der Waals surface area contributed by atoms with Crippen molar-refractivity contribution in [3.05, 3.63) is 46.1 Å². The highest BCUT2D eigenvalue weighted by Crippen LogP contribution is 2.35. The van der Waals surface area contributed by atoms with E-state index in [-0.39, 0.29) is 11.9 Å². The highest BCUT2D eigenvalue weighted by atomic mass is 32.1. The lowest BCUT2D eigenvalue weighted by molar-refractivity contribution is -0.913.